The number of allylic oxidation sites excluding steroid dienone is 1. The van der Waals surface area contributed by atoms with Crippen molar-refractivity contribution in [2.45, 2.75) is 64.0 Å². The summed E-state index contributed by atoms with van der Waals surface area (Å²) in [6.07, 6.45) is 5.67. The standard InChI is InChI=1S/C19H21Cl7O2/c1-15-6-4-10(27)8-9(15)2-3-11-12(15)5-7-16(14(20)21)13(11)17(22,23)18(24,25)19(16,26)28/h8,11-14,28H,2-7H2,1H3/t11-,12+,13+,15+,16+,19-/m1/s1. The zero-order valence-corrected chi connectivity index (χ0v) is 20.4. The Hall–Kier alpha value is 1.40. The molecule has 0 heterocycles. The molecule has 0 saturated heterocycles. The van der Waals surface area contributed by atoms with E-state index in [1.165, 1.54) is 5.57 Å². The Morgan fingerprint density at radius 1 is 1.07 bits per heavy atom. The molecule has 0 radical (unpaired) electrons. The molecule has 3 saturated carbocycles. The van der Waals surface area contributed by atoms with E-state index in [2.05, 4.69) is 6.92 Å². The molecule has 9 heteroatoms. The lowest BCUT2D eigenvalue weighted by atomic mass is 9.47. The molecule has 3 fully saturated rings. The fourth-order valence-corrected chi connectivity index (χ4v) is 9.73. The Balaban J connectivity index is 1.87. The van der Waals surface area contributed by atoms with Crippen molar-refractivity contribution in [2.75, 3.05) is 0 Å². The van der Waals surface area contributed by atoms with Gasteiger partial charge in [0.2, 0.25) is 0 Å². The van der Waals surface area contributed by atoms with Crippen LogP contribution in [0, 0.1) is 28.6 Å². The number of halogens is 7. The molecule has 0 aromatic rings. The van der Waals surface area contributed by atoms with Gasteiger partial charge in [0, 0.05) is 12.3 Å². The van der Waals surface area contributed by atoms with E-state index in [4.69, 9.17) is 81.2 Å². The predicted octanol–water partition coefficient (Wildman–Crippen LogP) is 6.80. The average Bonchev–Trinajstić information content (AvgIpc) is 2.69. The summed E-state index contributed by atoms with van der Waals surface area (Å²) in [6, 6.07) is 0. The highest BCUT2D eigenvalue weighted by Crippen LogP contribution is 2.79. The van der Waals surface area contributed by atoms with E-state index in [1.807, 2.05) is 6.08 Å². The van der Waals surface area contributed by atoms with Crippen LogP contribution in [-0.4, -0.2) is 29.5 Å². The van der Waals surface area contributed by atoms with Crippen molar-refractivity contribution in [2.24, 2.45) is 28.6 Å². The first-order valence-electron chi connectivity index (χ1n) is 9.44. The molecule has 158 valence electrons. The Morgan fingerprint density at radius 2 is 1.71 bits per heavy atom. The van der Waals surface area contributed by atoms with Gasteiger partial charge >= 0.3 is 0 Å². The van der Waals surface area contributed by atoms with Crippen LogP contribution < -0.4 is 0 Å². The van der Waals surface area contributed by atoms with E-state index in [0.717, 1.165) is 19.3 Å². The van der Waals surface area contributed by atoms with Crippen LogP contribution in [-0.2, 0) is 4.79 Å². The number of alkyl halides is 7. The maximum Gasteiger partial charge on any atom is 0.194 e. The van der Waals surface area contributed by atoms with Gasteiger partial charge in [-0.15, -0.1) is 23.2 Å². The molecule has 0 aliphatic heterocycles. The first-order valence-corrected chi connectivity index (χ1v) is 12.2. The summed E-state index contributed by atoms with van der Waals surface area (Å²) in [5.74, 6) is -0.269. The van der Waals surface area contributed by atoms with E-state index < -0.39 is 29.9 Å². The van der Waals surface area contributed by atoms with Crippen LogP contribution in [0.1, 0.15) is 45.4 Å². The lowest BCUT2D eigenvalue weighted by molar-refractivity contribution is -0.119. The van der Waals surface area contributed by atoms with Gasteiger partial charge in [0.1, 0.15) is 4.84 Å². The van der Waals surface area contributed by atoms with Crippen LogP contribution in [0.25, 0.3) is 0 Å². The minimum absolute atomic E-state index is 0.0382. The van der Waals surface area contributed by atoms with Crippen LogP contribution >= 0.6 is 81.2 Å². The number of rotatable bonds is 1. The van der Waals surface area contributed by atoms with Crippen LogP contribution in [0.5, 0.6) is 0 Å². The molecular formula is C19H21Cl7O2. The molecule has 0 aromatic carbocycles. The van der Waals surface area contributed by atoms with E-state index >= 15 is 0 Å². The fraction of sp³-hybridized carbons (Fsp3) is 0.842. The molecule has 6 atom stereocenters. The van der Waals surface area contributed by atoms with Gasteiger partial charge in [-0.2, -0.15) is 0 Å². The first kappa shape index (κ1) is 22.6. The first-order chi connectivity index (χ1) is 12.7. The third kappa shape index (κ3) is 2.50. The van der Waals surface area contributed by atoms with Crippen LogP contribution in [0.15, 0.2) is 11.6 Å². The van der Waals surface area contributed by atoms with Gasteiger partial charge in [-0.1, -0.05) is 70.5 Å². The molecule has 4 aliphatic rings. The second kappa shape index (κ2) is 6.70. The minimum Gasteiger partial charge on any atom is -0.371 e. The van der Waals surface area contributed by atoms with Crippen molar-refractivity contribution in [3.63, 3.8) is 0 Å². The number of ketones is 1. The molecule has 1 N–H and O–H groups in total. The van der Waals surface area contributed by atoms with Gasteiger partial charge < -0.3 is 5.11 Å². The summed E-state index contributed by atoms with van der Waals surface area (Å²) in [5, 5.41) is 9.10. The normalized spacial score (nSPS) is 49.3. The number of carbonyl (C=O) groups is 1. The summed E-state index contributed by atoms with van der Waals surface area (Å²) in [4.78, 5) is 10.9. The van der Waals surface area contributed by atoms with Gasteiger partial charge in [0.15, 0.2) is 19.5 Å². The van der Waals surface area contributed by atoms with E-state index in [9.17, 15) is 9.90 Å². The molecule has 2 nitrogen and oxygen atoms in total. The van der Waals surface area contributed by atoms with Gasteiger partial charge in [0.05, 0.1) is 5.41 Å². The number of carbonyl (C=O) groups excluding carboxylic acids is 1. The molecule has 0 bridgehead atoms. The number of aliphatic hydroxyl groups is 1. The lowest BCUT2D eigenvalue weighted by Gasteiger charge is -2.59. The highest BCUT2D eigenvalue weighted by molar-refractivity contribution is 6.66. The SMILES string of the molecule is C[C@]12CCC(=O)C=C1CC[C@H]1[C@@H]3C(Cl)(Cl)C(Cl)(Cl)[C@@](O)(Cl)[C@@]3(C(Cl)Cl)CC[C@@H]12. The van der Waals surface area contributed by atoms with Crippen molar-refractivity contribution in [1.82, 2.24) is 0 Å². The summed E-state index contributed by atoms with van der Waals surface area (Å²) >= 11 is 46.1. The Morgan fingerprint density at radius 3 is 2.32 bits per heavy atom. The second-order valence-electron chi connectivity index (χ2n) is 9.04. The smallest absolute Gasteiger partial charge is 0.194 e. The largest absolute Gasteiger partial charge is 0.371 e. The molecule has 0 amide bonds. The Labute approximate surface area is 200 Å². The van der Waals surface area contributed by atoms with Crippen molar-refractivity contribution < 1.29 is 9.90 Å². The summed E-state index contributed by atoms with van der Waals surface area (Å²) in [6.45, 7) is 2.20. The van der Waals surface area contributed by atoms with Gasteiger partial charge in [-0.25, -0.2) is 0 Å². The Kier molecular flexibility index (Phi) is 5.41. The van der Waals surface area contributed by atoms with E-state index in [0.29, 0.717) is 19.3 Å². The zero-order chi connectivity index (χ0) is 20.9. The second-order valence-corrected chi connectivity index (χ2v) is 13.4. The highest BCUT2D eigenvalue weighted by atomic mass is 35.5. The lowest BCUT2D eigenvalue weighted by Crippen LogP contribution is -2.59. The van der Waals surface area contributed by atoms with Crippen molar-refractivity contribution in [3.8, 4) is 0 Å². The Bertz CT molecular complexity index is 747. The predicted molar refractivity (Wildman–Crippen MR) is 117 cm³/mol. The maximum absolute atomic E-state index is 12.0. The summed E-state index contributed by atoms with van der Waals surface area (Å²) in [7, 11) is 0. The molecular weight excluding hydrogens is 508 g/mol. The van der Waals surface area contributed by atoms with Crippen LogP contribution in [0.2, 0.25) is 0 Å². The quantitative estimate of drug-likeness (QED) is 0.380. The third-order valence-electron chi connectivity index (χ3n) is 8.13. The van der Waals surface area contributed by atoms with Crippen LogP contribution in [0.3, 0.4) is 0 Å². The monoisotopic (exact) mass is 526 g/mol. The zero-order valence-electron chi connectivity index (χ0n) is 15.1. The summed E-state index contributed by atoms with van der Waals surface area (Å²) in [5.41, 5.74) is -0.217. The molecule has 0 spiro atoms. The third-order valence-corrected chi connectivity index (χ3v) is 12.3. The van der Waals surface area contributed by atoms with Gasteiger partial charge in [-0.05, 0) is 55.4 Å². The molecule has 4 rings (SSSR count). The van der Waals surface area contributed by atoms with E-state index in [1.54, 1.807) is 0 Å². The summed E-state index contributed by atoms with van der Waals surface area (Å²) < 4.78 is -3.81. The number of hydrogen-bond donors (Lipinski definition) is 1. The van der Waals surface area contributed by atoms with Crippen LogP contribution in [0.4, 0.5) is 0 Å². The van der Waals surface area contributed by atoms with Gasteiger partial charge in [-0.3, -0.25) is 4.79 Å². The minimum atomic E-state index is -2.20. The average molecular weight is 530 g/mol. The van der Waals surface area contributed by atoms with Crippen molar-refractivity contribution in [3.05, 3.63) is 11.6 Å². The number of fused-ring (bicyclic) bond motifs is 5. The molecule has 4 aliphatic carbocycles. The number of hydrogen-bond acceptors (Lipinski definition) is 2. The topological polar surface area (TPSA) is 37.3 Å². The highest BCUT2D eigenvalue weighted by Gasteiger charge is 2.85. The van der Waals surface area contributed by atoms with Gasteiger partial charge in [0.25, 0.3) is 0 Å². The van der Waals surface area contributed by atoms with Crippen molar-refractivity contribution >= 4 is 87.0 Å². The maximum atomic E-state index is 12.0. The van der Waals surface area contributed by atoms with E-state index in [-0.39, 0.29) is 23.0 Å². The molecule has 28 heavy (non-hydrogen) atoms. The molecule has 0 unspecified atom stereocenters. The fourth-order valence-electron chi connectivity index (χ4n) is 6.68. The molecule has 0 aromatic heterocycles. The van der Waals surface area contributed by atoms with Crippen molar-refractivity contribution in [1.29, 1.82) is 0 Å².